The summed E-state index contributed by atoms with van der Waals surface area (Å²) in [6, 6.07) is 16.3. The minimum absolute atomic E-state index is 0.212. The molecule has 2 aliphatic rings. The SMILES string of the molecule is N=C1C(c2nc3ccccc3s2)=C(O)CN1c1ccc(N2CCCCC2)cc1. The van der Waals surface area contributed by atoms with Crippen molar-refractivity contribution in [1.29, 1.82) is 5.41 Å². The van der Waals surface area contributed by atoms with Gasteiger partial charge in [0.25, 0.3) is 0 Å². The molecule has 1 fully saturated rings. The summed E-state index contributed by atoms with van der Waals surface area (Å²) >= 11 is 1.52. The van der Waals surface area contributed by atoms with E-state index in [9.17, 15) is 5.11 Å². The molecule has 2 aromatic carbocycles. The molecule has 3 aromatic rings. The van der Waals surface area contributed by atoms with Gasteiger partial charge in [0.2, 0.25) is 0 Å². The molecule has 142 valence electrons. The van der Waals surface area contributed by atoms with Crippen LogP contribution >= 0.6 is 11.3 Å². The number of aromatic nitrogens is 1. The maximum atomic E-state index is 10.6. The summed E-state index contributed by atoms with van der Waals surface area (Å²) in [4.78, 5) is 8.89. The first-order valence-corrected chi connectivity index (χ1v) is 10.5. The summed E-state index contributed by atoms with van der Waals surface area (Å²) in [6.07, 6.45) is 3.82. The fraction of sp³-hybridized carbons (Fsp3) is 0.273. The first-order chi connectivity index (χ1) is 13.7. The van der Waals surface area contributed by atoms with Gasteiger partial charge >= 0.3 is 0 Å². The third-order valence-electron chi connectivity index (χ3n) is 5.49. The van der Waals surface area contributed by atoms with Crippen molar-refractivity contribution in [2.75, 3.05) is 29.4 Å². The highest BCUT2D eigenvalue weighted by Crippen LogP contribution is 2.35. The van der Waals surface area contributed by atoms with Gasteiger partial charge in [0.1, 0.15) is 16.6 Å². The molecule has 0 spiro atoms. The zero-order valence-electron chi connectivity index (χ0n) is 15.6. The molecule has 0 radical (unpaired) electrons. The first kappa shape index (κ1) is 17.3. The Labute approximate surface area is 168 Å². The largest absolute Gasteiger partial charge is 0.510 e. The quantitative estimate of drug-likeness (QED) is 0.657. The highest BCUT2D eigenvalue weighted by atomic mass is 32.1. The Balaban J connectivity index is 1.40. The van der Waals surface area contributed by atoms with Crippen LogP contribution in [0.25, 0.3) is 15.8 Å². The first-order valence-electron chi connectivity index (χ1n) is 9.70. The monoisotopic (exact) mass is 390 g/mol. The minimum atomic E-state index is 0.212. The number of nitrogens with one attached hydrogen (secondary N) is 1. The van der Waals surface area contributed by atoms with Gasteiger partial charge in [-0.1, -0.05) is 12.1 Å². The average molecular weight is 391 g/mol. The Morgan fingerprint density at radius 3 is 2.39 bits per heavy atom. The van der Waals surface area contributed by atoms with Crippen LogP contribution in [-0.4, -0.2) is 35.6 Å². The summed E-state index contributed by atoms with van der Waals surface area (Å²) in [5, 5.41) is 19.9. The van der Waals surface area contributed by atoms with Gasteiger partial charge in [0, 0.05) is 24.5 Å². The second-order valence-corrected chi connectivity index (χ2v) is 8.34. The maximum Gasteiger partial charge on any atom is 0.139 e. The van der Waals surface area contributed by atoms with Gasteiger partial charge in [0.15, 0.2) is 0 Å². The lowest BCUT2D eigenvalue weighted by atomic mass is 10.1. The molecule has 3 heterocycles. The van der Waals surface area contributed by atoms with Crippen molar-refractivity contribution in [2.45, 2.75) is 19.3 Å². The second kappa shape index (κ2) is 6.95. The van der Waals surface area contributed by atoms with Crippen LogP contribution in [0.2, 0.25) is 0 Å². The predicted molar refractivity (Wildman–Crippen MR) is 117 cm³/mol. The van der Waals surface area contributed by atoms with Crippen LogP contribution in [0.15, 0.2) is 54.3 Å². The predicted octanol–water partition coefficient (Wildman–Crippen LogP) is 5.05. The number of piperidine rings is 1. The molecule has 5 rings (SSSR count). The molecule has 6 heteroatoms. The van der Waals surface area contributed by atoms with E-state index in [4.69, 9.17) is 5.41 Å². The summed E-state index contributed by atoms with van der Waals surface area (Å²) in [5.41, 5.74) is 3.60. The van der Waals surface area contributed by atoms with Crippen LogP contribution in [0.3, 0.4) is 0 Å². The molecule has 0 aliphatic carbocycles. The highest BCUT2D eigenvalue weighted by molar-refractivity contribution is 7.19. The van der Waals surface area contributed by atoms with E-state index in [-0.39, 0.29) is 5.76 Å². The number of hydrogen-bond donors (Lipinski definition) is 2. The number of hydrogen-bond acceptors (Lipinski definition) is 5. The molecule has 5 nitrogen and oxygen atoms in total. The van der Waals surface area contributed by atoms with Crippen molar-refractivity contribution in [3.63, 3.8) is 0 Å². The normalized spacial score (nSPS) is 17.8. The van der Waals surface area contributed by atoms with E-state index in [1.54, 1.807) is 0 Å². The average Bonchev–Trinajstić information content (AvgIpc) is 3.28. The molecule has 0 saturated carbocycles. The van der Waals surface area contributed by atoms with E-state index in [1.165, 1.54) is 36.3 Å². The third kappa shape index (κ3) is 2.94. The van der Waals surface area contributed by atoms with Crippen molar-refractivity contribution < 1.29 is 5.11 Å². The number of fused-ring (bicyclic) bond motifs is 1. The van der Waals surface area contributed by atoms with Crippen LogP contribution < -0.4 is 9.80 Å². The van der Waals surface area contributed by atoms with E-state index in [2.05, 4.69) is 22.0 Å². The zero-order valence-corrected chi connectivity index (χ0v) is 16.4. The van der Waals surface area contributed by atoms with Gasteiger partial charge in [-0.05, 0) is 55.7 Å². The molecule has 0 bridgehead atoms. The van der Waals surface area contributed by atoms with Gasteiger partial charge in [-0.15, -0.1) is 11.3 Å². The molecular weight excluding hydrogens is 368 g/mol. The van der Waals surface area contributed by atoms with E-state index < -0.39 is 0 Å². The lowest BCUT2D eigenvalue weighted by molar-refractivity contribution is 0.411. The van der Waals surface area contributed by atoms with Gasteiger partial charge < -0.3 is 14.9 Å². The summed E-state index contributed by atoms with van der Waals surface area (Å²) in [7, 11) is 0. The number of para-hydroxylation sites is 1. The maximum absolute atomic E-state index is 10.6. The molecule has 1 aromatic heterocycles. The number of aliphatic hydroxyl groups excluding tert-OH is 1. The van der Waals surface area contributed by atoms with Gasteiger partial charge in [-0.3, -0.25) is 5.41 Å². The van der Waals surface area contributed by atoms with E-state index in [0.29, 0.717) is 23.0 Å². The Hall–Kier alpha value is -2.86. The number of benzene rings is 2. The van der Waals surface area contributed by atoms with Crippen LogP contribution in [0, 0.1) is 5.41 Å². The van der Waals surface area contributed by atoms with E-state index >= 15 is 0 Å². The second-order valence-electron chi connectivity index (χ2n) is 7.31. The van der Waals surface area contributed by atoms with Gasteiger partial charge in [0.05, 0.1) is 22.3 Å². The minimum Gasteiger partial charge on any atom is -0.510 e. The highest BCUT2D eigenvalue weighted by Gasteiger charge is 2.31. The molecule has 0 amide bonds. The Morgan fingerprint density at radius 2 is 1.64 bits per heavy atom. The fourth-order valence-corrected chi connectivity index (χ4v) is 5.03. The third-order valence-corrected chi connectivity index (χ3v) is 6.55. The Kier molecular flexibility index (Phi) is 4.28. The standard InChI is InChI=1S/C22H22N4OS/c23-21-20(22-24-17-6-2-3-7-19(17)28-22)18(27)14-26(21)16-10-8-15(9-11-16)25-12-4-1-5-13-25/h2-3,6-11,23,27H,1,4-5,12-14H2. The van der Waals surface area contributed by atoms with Crippen molar-refractivity contribution in [3.05, 3.63) is 59.3 Å². The Bertz CT molecular complexity index is 1030. The topological polar surface area (TPSA) is 63.5 Å². The van der Waals surface area contributed by atoms with Crippen molar-refractivity contribution in [3.8, 4) is 0 Å². The van der Waals surface area contributed by atoms with Crippen molar-refractivity contribution >= 4 is 44.3 Å². The number of nitrogens with zero attached hydrogens (tertiary/aromatic N) is 3. The summed E-state index contributed by atoms with van der Waals surface area (Å²) < 4.78 is 1.06. The molecule has 0 unspecified atom stereocenters. The van der Waals surface area contributed by atoms with E-state index in [1.807, 2.05) is 41.3 Å². The number of amidine groups is 1. The van der Waals surface area contributed by atoms with Crippen LogP contribution in [0.5, 0.6) is 0 Å². The van der Waals surface area contributed by atoms with Crippen molar-refractivity contribution in [2.24, 2.45) is 0 Å². The molecule has 0 atom stereocenters. The number of rotatable bonds is 3. The number of anilines is 2. The molecule has 1 saturated heterocycles. The lowest BCUT2D eigenvalue weighted by Gasteiger charge is -2.29. The molecule has 2 aliphatic heterocycles. The fourth-order valence-electron chi connectivity index (χ4n) is 4.00. The van der Waals surface area contributed by atoms with Crippen LogP contribution in [-0.2, 0) is 0 Å². The number of thiazole rings is 1. The van der Waals surface area contributed by atoms with Gasteiger partial charge in [-0.25, -0.2) is 4.98 Å². The molecular formula is C22H22N4OS. The summed E-state index contributed by atoms with van der Waals surface area (Å²) in [6.45, 7) is 2.54. The summed E-state index contributed by atoms with van der Waals surface area (Å²) in [5.74, 6) is 0.520. The molecule has 28 heavy (non-hydrogen) atoms. The zero-order chi connectivity index (χ0) is 19.1. The number of aliphatic hydroxyl groups is 1. The Morgan fingerprint density at radius 1 is 0.929 bits per heavy atom. The van der Waals surface area contributed by atoms with Gasteiger partial charge in [-0.2, -0.15) is 0 Å². The van der Waals surface area contributed by atoms with Crippen LogP contribution in [0.1, 0.15) is 24.3 Å². The van der Waals surface area contributed by atoms with Crippen LogP contribution in [0.4, 0.5) is 11.4 Å². The van der Waals surface area contributed by atoms with E-state index in [0.717, 1.165) is 29.0 Å². The smallest absolute Gasteiger partial charge is 0.139 e. The van der Waals surface area contributed by atoms with Crippen molar-refractivity contribution in [1.82, 2.24) is 4.98 Å². The lowest BCUT2D eigenvalue weighted by Crippen LogP contribution is -2.29. The molecule has 2 N–H and O–H groups in total.